The maximum Gasteiger partial charge on any atom is 0.115 e. The molecule has 0 amide bonds. The van der Waals surface area contributed by atoms with Crippen LogP contribution in [0.25, 0.3) is 0 Å². The van der Waals surface area contributed by atoms with Crippen LogP contribution in [0.1, 0.15) is 44.8 Å². The Labute approximate surface area is 152 Å². The number of hydrogen-bond donors (Lipinski definition) is 2. The van der Waals surface area contributed by atoms with Gasteiger partial charge in [0.1, 0.15) is 5.75 Å². The molecule has 0 bridgehead atoms. The average Bonchev–Trinajstić information content (AvgIpc) is 2.62. The largest absolute Gasteiger partial charge is 0.508 e. The topological polar surface area (TPSA) is 43.7 Å². The van der Waals surface area contributed by atoms with E-state index in [1.54, 1.807) is 30.3 Å². The van der Waals surface area contributed by atoms with Crippen molar-refractivity contribution in [3.8, 4) is 5.75 Å². The summed E-state index contributed by atoms with van der Waals surface area (Å²) in [6.45, 7) is 10.0. The molecule has 2 N–H and O–H groups in total. The minimum absolute atomic E-state index is 0.0812. The number of hydrogen-bond acceptors (Lipinski definition) is 3. The van der Waals surface area contributed by atoms with Gasteiger partial charge in [0.15, 0.2) is 0 Å². The number of phenolic OH excluding ortho intramolecular Hbond substituents is 1. The van der Waals surface area contributed by atoms with Crippen molar-refractivity contribution in [3.63, 3.8) is 0 Å². The zero-order valence-electron chi connectivity index (χ0n) is 15.4. The van der Waals surface area contributed by atoms with Gasteiger partial charge in [-0.1, -0.05) is 48.6 Å². The van der Waals surface area contributed by atoms with Crippen molar-refractivity contribution in [2.45, 2.75) is 45.3 Å². The minimum Gasteiger partial charge on any atom is -0.508 e. The molecule has 1 aliphatic heterocycles. The normalized spacial score (nSPS) is 19.9. The third kappa shape index (κ3) is 5.87. The summed E-state index contributed by atoms with van der Waals surface area (Å²) in [7, 11) is 0. The number of piperidine rings is 1. The fourth-order valence-corrected chi connectivity index (χ4v) is 3.54. The molecule has 2 rings (SSSR count). The maximum atomic E-state index is 10.6. The highest BCUT2D eigenvalue weighted by Crippen LogP contribution is 2.29. The van der Waals surface area contributed by atoms with Crippen molar-refractivity contribution in [2.75, 3.05) is 13.1 Å². The molecule has 1 saturated heterocycles. The standard InChI is InChI=1S/C22H31NO2/c1-4-5-6-7-17(2)16-19-12-14-23(15-13-19)18(3)22(25)20-8-10-21(24)11-9-20/h4-11,18-19,22,24-25H,1,12-16H2,2-3H3. The quantitative estimate of drug-likeness (QED) is 0.712. The molecular formula is C22H31NO2. The van der Waals surface area contributed by atoms with Gasteiger partial charge in [-0.25, -0.2) is 0 Å². The second-order valence-electron chi connectivity index (χ2n) is 7.09. The summed E-state index contributed by atoms with van der Waals surface area (Å²) in [5.41, 5.74) is 2.27. The lowest BCUT2D eigenvalue weighted by Crippen LogP contribution is -2.43. The van der Waals surface area contributed by atoms with Crippen molar-refractivity contribution in [1.29, 1.82) is 0 Å². The lowest BCUT2D eigenvalue weighted by Gasteiger charge is -2.38. The van der Waals surface area contributed by atoms with Crippen LogP contribution in [-0.2, 0) is 0 Å². The van der Waals surface area contributed by atoms with Gasteiger partial charge in [-0.05, 0) is 69.8 Å². The first-order chi connectivity index (χ1) is 12.0. The van der Waals surface area contributed by atoms with E-state index in [0.29, 0.717) is 0 Å². The Bertz CT molecular complexity index is 595. The van der Waals surface area contributed by atoms with Crippen LogP contribution >= 0.6 is 0 Å². The van der Waals surface area contributed by atoms with Crippen molar-refractivity contribution in [1.82, 2.24) is 4.90 Å². The van der Waals surface area contributed by atoms with E-state index >= 15 is 0 Å². The Morgan fingerprint density at radius 3 is 2.48 bits per heavy atom. The molecule has 1 aromatic carbocycles. The van der Waals surface area contributed by atoms with E-state index < -0.39 is 6.10 Å². The van der Waals surface area contributed by atoms with Crippen molar-refractivity contribution < 1.29 is 10.2 Å². The van der Waals surface area contributed by atoms with E-state index in [2.05, 4.69) is 31.4 Å². The van der Waals surface area contributed by atoms with Crippen molar-refractivity contribution >= 4 is 0 Å². The highest BCUT2D eigenvalue weighted by molar-refractivity contribution is 5.28. The zero-order chi connectivity index (χ0) is 18.2. The van der Waals surface area contributed by atoms with Gasteiger partial charge in [-0.3, -0.25) is 4.90 Å². The van der Waals surface area contributed by atoms with Crippen LogP contribution < -0.4 is 0 Å². The van der Waals surface area contributed by atoms with E-state index in [9.17, 15) is 10.2 Å². The summed E-state index contributed by atoms with van der Waals surface area (Å²) >= 11 is 0. The van der Waals surface area contributed by atoms with E-state index in [1.807, 2.05) is 12.2 Å². The monoisotopic (exact) mass is 341 g/mol. The van der Waals surface area contributed by atoms with Crippen LogP contribution in [0.5, 0.6) is 5.75 Å². The van der Waals surface area contributed by atoms with Gasteiger partial charge in [0.25, 0.3) is 0 Å². The molecule has 1 aliphatic rings. The number of aromatic hydroxyl groups is 1. The molecule has 0 saturated carbocycles. The second-order valence-corrected chi connectivity index (χ2v) is 7.09. The predicted octanol–water partition coefficient (Wildman–Crippen LogP) is 4.60. The number of phenols is 1. The molecule has 3 heteroatoms. The molecule has 0 radical (unpaired) electrons. The first-order valence-corrected chi connectivity index (χ1v) is 9.17. The number of aliphatic hydroxyl groups is 1. The summed E-state index contributed by atoms with van der Waals surface area (Å²) in [5.74, 6) is 0.957. The van der Waals surface area contributed by atoms with Crippen LogP contribution in [0.4, 0.5) is 0 Å². The maximum absolute atomic E-state index is 10.6. The minimum atomic E-state index is -0.525. The molecular weight excluding hydrogens is 310 g/mol. The van der Waals surface area contributed by atoms with E-state index in [4.69, 9.17) is 0 Å². The van der Waals surface area contributed by atoms with Crippen LogP contribution in [0.15, 0.2) is 60.7 Å². The molecule has 0 spiro atoms. The Hall–Kier alpha value is -1.84. The molecule has 3 nitrogen and oxygen atoms in total. The number of rotatable bonds is 7. The zero-order valence-corrected chi connectivity index (χ0v) is 15.4. The Balaban J connectivity index is 1.84. The van der Waals surface area contributed by atoms with E-state index in [0.717, 1.165) is 31.0 Å². The summed E-state index contributed by atoms with van der Waals surface area (Å²) in [5, 5.41) is 20.0. The Morgan fingerprint density at radius 2 is 1.88 bits per heavy atom. The molecule has 1 aromatic rings. The van der Waals surface area contributed by atoms with Gasteiger partial charge in [0.2, 0.25) is 0 Å². The number of allylic oxidation sites excluding steroid dienone is 5. The van der Waals surface area contributed by atoms with E-state index in [-0.39, 0.29) is 11.8 Å². The van der Waals surface area contributed by atoms with Crippen molar-refractivity contribution in [3.05, 3.63) is 66.3 Å². The number of nitrogens with zero attached hydrogens (tertiary/aromatic N) is 1. The molecule has 136 valence electrons. The SMILES string of the molecule is C=CC=CC=C(C)CC1CCN(C(C)C(O)c2ccc(O)cc2)CC1. The summed E-state index contributed by atoms with van der Waals surface area (Å²) in [6, 6.07) is 6.95. The first kappa shape index (κ1) is 19.5. The van der Waals surface area contributed by atoms with Gasteiger partial charge >= 0.3 is 0 Å². The second kappa shape index (κ2) is 9.59. The molecule has 1 heterocycles. The molecule has 2 atom stereocenters. The first-order valence-electron chi connectivity index (χ1n) is 9.17. The lowest BCUT2D eigenvalue weighted by atomic mass is 9.89. The summed E-state index contributed by atoms with van der Waals surface area (Å²) in [6.07, 6.45) is 10.9. The summed E-state index contributed by atoms with van der Waals surface area (Å²) in [4.78, 5) is 2.38. The Kier molecular flexibility index (Phi) is 7.48. The van der Waals surface area contributed by atoms with Crippen LogP contribution in [0.3, 0.4) is 0 Å². The summed E-state index contributed by atoms with van der Waals surface area (Å²) < 4.78 is 0. The van der Waals surface area contributed by atoms with Crippen LogP contribution in [0, 0.1) is 5.92 Å². The number of likely N-dealkylation sites (tertiary alicyclic amines) is 1. The Morgan fingerprint density at radius 1 is 1.24 bits per heavy atom. The van der Waals surface area contributed by atoms with Crippen LogP contribution in [-0.4, -0.2) is 34.2 Å². The van der Waals surface area contributed by atoms with Gasteiger partial charge < -0.3 is 10.2 Å². The fraction of sp³-hybridized carbons (Fsp3) is 0.455. The lowest BCUT2D eigenvalue weighted by molar-refractivity contribution is 0.0373. The smallest absolute Gasteiger partial charge is 0.115 e. The highest BCUT2D eigenvalue weighted by atomic mass is 16.3. The van der Waals surface area contributed by atoms with Gasteiger partial charge in [-0.15, -0.1) is 0 Å². The average molecular weight is 341 g/mol. The predicted molar refractivity (Wildman–Crippen MR) is 105 cm³/mol. The fourth-order valence-electron chi connectivity index (χ4n) is 3.54. The third-order valence-electron chi connectivity index (χ3n) is 5.16. The number of aliphatic hydroxyl groups excluding tert-OH is 1. The molecule has 25 heavy (non-hydrogen) atoms. The highest BCUT2D eigenvalue weighted by Gasteiger charge is 2.27. The van der Waals surface area contributed by atoms with Crippen LogP contribution in [0.2, 0.25) is 0 Å². The number of benzene rings is 1. The van der Waals surface area contributed by atoms with Crippen molar-refractivity contribution in [2.24, 2.45) is 5.92 Å². The molecule has 1 fully saturated rings. The van der Waals surface area contributed by atoms with Gasteiger partial charge in [0.05, 0.1) is 6.10 Å². The third-order valence-corrected chi connectivity index (χ3v) is 5.16. The van der Waals surface area contributed by atoms with Gasteiger partial charge in [0, 0.05) is 6.04 Å². The molecule has 0 aromatic heterocycles. The van der Waals surface area contributed by atoms with E-state index in [1.165, 1.54) is 18.4 Å². The van der Waals surface area contributed by atoms with Gasteiger partial charge in [-0.2, -0.15) is 0 Å². The molecule has 2 unspecified atom stereocenters. The molecule has 0 aliphatic carbocycles.